The predicted molar refractivity (Wildman–Crippen MR) is 87.1 cm³/mol. The number of benzene rings is 2. The SMILES string of the molecule is N=C1C(c2nc3ccccc3[nH]2)=C(O)CN1c1cccc(F)c1. The molecule has 0 unspecified atom stereocenters. The minimum Gasteiger partial charge on any atom is -0.509 e. The van der Waals surface area contributed by atoms with Crippen LogP contribution >= 0.6 is 0 Å². The van der Waals surface area contributed by atoms with Crippen LogP contribution in [0.5, 0.6) is 0 Å². The van der Waals surface area contributed by atoms with E-state index in [1.807, 2.05) is 24.3 Å². The molecule has 0 fully saturated rings. The third-order valence-corrected chi connectivity index (χ3v) is 3.85. The number of hydrogen-bond acceptors (Lipinski definition) is 3. The maximum absolute atomic E-state index is 13.4. The van der Waals surface area contributed by atoms with E-state index < -0.39 is 0 Å². The van der Waals surface area contributed by atoms with Crippen molar-refractivity contribution in [2.45, 2.75) is 0 Å². The number of aromatic nitrogens is 2. The molecule has 114 valence electrons. The highest BCUT2D eigenvalue weighted by Crippen LogP contribution is 2.30. The number of amidine groups is 1. The van der Waals surface area contributed by atoms with Gasteiger partial charge in [-0.1, -0.05) is 18.2 Å². The Kier molecular flexibility index (Phi) is 2.90. The van der Waals surface area contributed by atoms with E-state index in [-0.39, 0.29) is 24.0 Å². The number of imidazole rings is 1. The fraction of sp³-hybridized carbons (Fsp3) is 0.0588. The second kappa shape index (κ2) is 4.95. The smallest absolute Gasteiger partial charge is 0.145 e. The zero-order chi connectivity index (χ0) is 16.0. The molecule has 3 N–H and O–H groups in total. The van der Waals surface area contributed by atoms with Gasteiger partial charge in [-0.3, -0.25) is 5.41 Å². The van der Waals surface area contributed by atoms with Crippen molar-refractivity contribution in [1.29, 1.82) is 5.41 Å². The van der Waals surface area contributed by atoms with Crippen LogP contribution in [0.2, 0.25) is 0 Å². The Balaban J connectivity index is 1.74. The summed E-state index contributed by atoms with van der Waals surface area (Å²) in [5, 5.41) is 18.6. The van der Waals surface area contributed by atoms with Gasteiger partial charge >= 0.3 is 0 Å². The number of hydrogen-bond donors (Lipinski definition) is 3. The summed E-state index contributed by atoms with van der Waals surface area (Å²) < 4.78 is 13.4. The molecule has 0 bridgehead atoms. The second-order valence-corrected chi connectivity index (χ2v) is 5.34. The zero-order valence-electron chi connectivity index (χ0n) is 12.0. The van der Waals surface area contributed by atoms with Crippen LogP contribution in [0.1, 0.15) is 5.82 Å². The largest absolute Gasteiger partial charge is 0.509 e. The van der Waals surface area contributed by atoms with Crippen molar-refractivity contribution in [3.8, 4) is 0 Å². The van der Waals surface area contributed by atoms with Gasteiger partial charge in [0.05, 0.1) is 23.2 Å². The van der Waals surface area contributed by atoms with Crippen LogP contribution in [-0.2, 0) is 0 Å². The topological polar surface area (TPSA) is 76.0 Å². The summed E-state index contributed by atoms with van der Waals surface area (Å²) in [4.78, 5) is 9.08. The predicted octanol–water partition coefficient (Wildman–Crippen LogP) is 3.47. The van der Waals surface area contributed by atoms with Crippen molar-refractivity contribution in [3.05, 3.63) is 65.9 Å². The number of rotatable bonds is 2. The first-order chi connectivity index (χ1) is 11.1. The molecule has 4 rings (SSSR count). The number of anilines is 1. The average Bonchev–Trinajstić information content (AvgIpc) is 3.07. The van der Waals surface area contributed by atoms with E-state index in [2.05, 4.69) is 9.97 Å². The van der Waals surface area contributed by atoms with Gasteiger partial charge in [0.25, 0.3) is 0 Å². The average molecular weight is 308 g/mol. The summed E-state index contributed by atoms with van der Waals surface area (Å²) in [7, 11) is 0. The third kappa shape index (κ3) is 2.15. The Morgan fingerprint density at radius 2 is 2.00 bits per heavy atom. The van der Waals surface area contributed by atoms with Gasteiger partial charge in [-0.2, -0.15) is 0 Å². The van der Waals surface area contributed by atoms with E-state index in [0.717, 1.165) is 11.0 Å². The number of nitrogens with one attached hydrogen (secondary N) is 2. The molecule has 0 aliphatic carbocycles. The van der Waals surface area contributed by atoms with Crippen molar-refractivity contribution < 1.29 is 9.50 Å². The Hall–Kier alpha value is -3.15. The zero-order valence-corrected chi connectivity index (χ0v) is 12.0. The Bertz CT molecular complexity index is 927. The number of aliphatic hydroxyl groups excluding tert-OH is 1. The van der Waals surface area contributed by atoms with E-state index in [0.29, 0.717) is 17.1 Å². The highest BCUT2D eigenvalue weighted by molar-refractivity contribution is 6.30. The molecule has 2 heterocycles. The van der Waals surface area contributed by atoms with Gasteiger partial charge in [-0.25, -0.2) is 9.37 Å². The van der Waals surface area contributed by atoms with Gasteiger partial charge in [0.1, 0.15) is 23.2 Å². The molecule has 1 aliphatic heterocycles. The van der Waals surface area contributed by atoms with Crippen molar-refractivity contribution >= 4 is 28.1 Å². The summed E-state index contributed by atoms with van der Waals surface area (Å²) in [5.41, 5.74) is 2.46. The maximum atomic E-state index is 13.4. The van der Waals surface area contributed by atoms with Crippen LogP contribution in [-0.4, -0.2) is 27.5 Å². The highest BCUT2D eigenvalue weighted by Gasteiger charge is 2.31. The third-order valence-electron chi connectivity index (χ3n) is 3.85. The van der Waals surface area contributed by atoms with Crippen LogP contribution in [0.4, 0.5) is 10.1 Å². The lowest BCUT2D eigenvalue weighted by Crippen LogP contribution is -2.26. The van der Waals surface area contributed by atoms with Gasteiger partial charge in [0.2, 0.25) is 0 Å². The molecule has 0 saturated heterocycles. The molecule has 6 heteroatoms. The first kappa shape index (κ1) is 13.5. The Morgan fingerprint density at radius 3 is 2.78 bits per heavy atom. The monoisotopic (exact) mass is 308 g/mol. The van der Waals surface area contributed by atoms with Crippen molar-refractivity contribution in [3.63, 3.8) is 0 Å². The fourth-order valence-electron chi connectivity index (χ4n) is 2.76. The molecule has 0 radical (unpaired) electrons. The van der Waals surface area contributed by atoms with Crippen LogP contribution < -0.4 is 4.90 Å². The minimum absolute atomic E-state index is 0.0401. The maximum Gasteiger partial charge on any atom is 0.145 e. The first-order valence-electron chi connectivity index (χ1n) is 7.13. The quantitative estimate of drug-likeness (QED) is 0.678. The Morgan fingerprint density at radius 1 is 1.17 bits per heavy atom. The van der Waals surface area contributed by atoms with Crippen LogP contribution in [0, 0.1) is 11.2 Å². The molecule has 2 aromatic carbocycles. The van der Waals surface area contributed by atoms with Gasteiger partial charge in [0, 0.05) is 5.69 Å². The second-order valence-electron chi connectivity index (χ2n) is 5.34. The summed E-state index contributed by atoms with van der Waals surface area (Å²) in [6.07, 6.45) is 0. The summed E-state index contributed by atoms with van der Waals surface area (Å²) in [6, 6.07) is 13.5. The number of halogens is 1. The molecule has 5 nitrogen and oxygen atoms in total. The molecule has 23 heavy (non-hydrogen) atoms. The lowest BCUT2D eigenvalue weighted by molar-refractivity contribution is 0.411. The van der Waals surface area contributed by atoms with Gasteiger partial charge in [-0.05, 0) is 30.3 Å². The van der Waals surface area contributed by atoms with Gasteiger partial charge in [0.15, 0.2) is 0 Å². The number of fused-ring (bicyclic) bond motifs is 1. The Labute approximate surface area is 131 Å². The fourth-order valence-corrected chi connectivity index (χ4v) is 2.76. The molecule has 0 spiro atoms. The molecule has 0 atom stereocenters. The van der Waals surface area contributed by atoms with Crippen molar-refractivity contribution in [2.24, 2.45) is 0 Å². The van der Waals surface area contributed by atoms with Crippen LogP contribution in [0.15, 0.2) is 54.3 Å². The molecular weight excluding hydrogens is 295 g/mol. The molecule has 3 aromatic rings. The number of H-pyrrole nitrogens is 1. The molecule has 1 aliphatic rings. The van der Waals surface area contributed by atoms with Crippen molar-refractivity contribution in [2.75, 3.05) is 11.4 Å². The van der Waals surface area contributed by atoms with Crippen LogP contribution in [0.3, 0.4) is 0 Å². The lowest BCUT2D eigenvalue weighted by Gasteiger charge is -2.18. The molecule has 0 saturated carbocycles. The number of nitrogens with zero attached hydrogens (tertiary/aromatic N) is 2. The van der Waals surface area contributed by atoms with Gasteiger partial charge in [-0.15, -0.1) is 0 Å². The lowest BCUT2D eigenvalue weighted by atomic mass is 10.2. The molecular formula is C17H13FN4O. The first-order valence-corrected chi connectivity index (χ1v) is 7.13. The number of aromatic amines is 1. The minimum atomic E-state index is -0.382. The normalized spacial score (nSPS) is 15.0. The van der Waals surface area contributed by atoms with E-state index in [9.17, 15) is 9.50 Å². The van der Waals surface area contributed by atoms with Crippen LogP contribution in [0.25, 0.3) is 16.6 Å². The van der Waals surface area contributed by atoms with E-state index >= 15 is 0 Å². The van der Waals surface area contributed by atoms with Gasteiger partial charge < -0.3 is 15.0 Å². The van der Waals surface area contributed by atoms with E-state index in [1.165, 1.54) is 12.1 Å². The molecule has 0 amide bonds. The summed E-state index contributed by atoms with van der Waals surface area (Å²) >= 11 is 0. The van der Waals surface area contributed by atoms with Crippen molar-refractivity contribution in [1.82, 2.24) is 9.97 Å². The number of para-hydroxylation sites is 2. The van der Waals surface area contributed by atoms with E-state index in [1.54, 1.807) is 17.0 Å². The number of aliphatic hydroxyl groups is 1. The van der Waals surface area contributed by atoms with E-state index in [4.69, 9.17) is 5.41 Å². The summed E-state index contributed by atoms with van der Waals surface area (Å²) in [5.74, 6) is 0.185. The summed E-state index contributed by atoms with van der Waals surface area (Å²) in [6.45, 7) is 0.120. The highest BCUT2D eigenvalue weighted by atomic mass is 19.1. The molecule has 1 aromatic heterocycles. The standard InChI is InChI=1S/C17H13FN4O/c18-10-4-3-5-11(8-10)22-9-14(23)15(16(22)19)17-20-12-6-1-2-7-13(12)21-17/h1-8,19,23H,9H2,(H,20,21).